The van der Waals surface area contributed by atoms with E-state index in [1.807, 2.05) is 0 Å². The second kappa shape index (κ2) is 5.61. The van der Waals surface area contributed by atoms with Crippen molar-refractivity contribution in [3.05, 3.63) is 65.7 Å². The monoisotopic (exact) mass is 261 g/mol. The molecule has 0 radical (unpaired) electrons. The number of halogens is 2. The molecule has 0 N–H and O–H groups in total. The summed E-state index contributed by atoms with van der Waals surface area (Å²) >= 11 is 0. The Labute approximate surface area is 110 Å². The van der Waals surface area contributed by atoms with Crippen LogP contribution >= 0.6 is 0 Å². The third-order valence-corrected chi connectivity index (χ3v) is 2.79. The van der Waals surface area contributed by atoms with Crippen LogP contribution in [0.3, 0.4) is 0 Å². The van der Waals surface area contributed by atoms with Gasteiger partial charge in [0.1, 0.15) is 11.6 Å². The average molecular weight is 261 g/mol. The van der Waals surface area contributed by atoms with Crippen molar-refractivity contribution in [3.63, 3.8) is 0 Å². The van der Waals surface area contributed by atoms with Crippen LogP contribution in [0.25, 0.3) is 0 Å². The minimum atomic E-state index is -0.459. The standard InChI is InChI=1S/C15H13F2NO/c1-18(14-8-3-2-7-13(14)17)10-15(19)11-5-4-6-12(16)9-11/h2-9H,10H2,1H3. The molecule has 0 atom stereocenters. The van der Waals surface area contributed by atoms with Gasteiger partial charge in [0.05, 0.1) is 12.2 Å². The molecule has 0 fully saturated rings. The number of hydrogen-bond acceptors (Lipinski definition) is 2. The number of carbonyl (C=O) groups excluding carboxylic acids is 1. The number of hydrogen-bond donors (Lipinski definition) is 0. The summed E-state index contributed by atoms with van der Waals surface area (Å²) in [5, 5.41) is 0. The van der Waals surface area contributed by atoms with Crippen molar-refractivity contribution in [3.8, 4) is 0 Å². The van der Waals surface area contributed by atoms with E-state index >= 15 is 0 Å². The SMILES string of the molecule is CN(CC(=O)c1cccc(F)c1)c1ccccc1F. The first kappa shape index (κ1) is 13.2. The summed E-state index contributed by atoms with van der Waals surface area (Å²) in [6.07, 6.45) is 0. The van der Waals surface area contributed by atoms with Gasteiger partial charge >= 0.3 is 0 Å². The second-order valence-electron chi connectivity index (χ2n) is 4.24. The molecule has 2 rings (SSSR count). The van der Waals surface area contributed by atoms with Crippen molar-refractivity contribution in [1.29, 1.82) is 0 Å². The van der Waals surface area contributed by atoms with Gasteiger partial charge in [0.15, 0.2) is 5.78 Å². The van der Waals surface area contributed by atoms with Gasteiger partial charge in [-0.25, -0.2) is 8.78 Å². The van der Waals surface area contributed by atoms with Gasteiger partial charge < -0.3 is 4.90 Å². The highest BCUT2D eigenvalue weighted by Crippen LogP contribution is 2.17. The number of para-hydroxylation sites is 1. The summed E-state index contributed by atoms with van der Waals surface area (Å²) in [5.74, 6) is -1.11. The first-order valence-corrected chi connectivity index (χ1v) is 5.82. The maximum absolute atomic E-state index is 13.5. The van der Waals surface area contributed by atoms with Gasteiger partial charge in [0.25, 0.3) is 0 Å². The lowest BCUT2D eigenvalue weighted by Crippen LogP contribution is -2.26. The highest BCUT2D eigenvalue weighted by molar-refractivity contribution is 5.99. The van der Waals surface area contributed by atoms with Crippen LogP contribution in [0.2, 0.25) is 0 Å². The van der Waals surface area contributed by atoms with Gasteiger partial charge in [-0.15, -0.1) is 0 Å². The van der Waals surface area contributed by atoms with Gasteiger partial charge in [-0.1, -0.05) is 24.3 Å². The molecule has 0 bridgehead atoms. The van der Waals surface area contributed by atoms with E-state index in [4.69, 9.17) is 0 Å². The molecule has 0 amide bonds. The summed E-state index contributed by atoms with van der Waals surface area (Å²) in [6.45, 7) is -0.00954. The predicted molar refractivity (Wildman–Crippen MR) is 70.4 cm³/mol. The van der Waals surface area contributed by atoms with Crippen LogP contribution in [0.1, 0.15) is 10.4 Å². The molecule has 4 heteroatoms. The number of Topliss-reactive ketones (excluding diaryl/α,β-unsaturated/α-hetero) is 1. The van der Waals surface area contributed by atoms with Crippen LogP contribution in [-0.4, -0.2) is 19.4 Å². The summed E-state index contributed by atoms with van der Waals surface area (Å²) < 4.78 is 26.6. The number of benzene rings is 2. The normalized spacial score (nSPS) is 10.3. The Kier molecular flexibility index (Phi) is 3.90. The van der Waals surface area contributed by atoms with E-state index in [1.165, 1.54) is 29.2 Å². The molecule has 19 heavy (non-hydrogen) atoms. The smallest absolute Gasteiger partial charge is 0.182 e. The zero-order chi connectivity index (χ0) is 13.8. The average Bonchev–Trinajstić information content (AvgIpc) is 2.39. The van der Waals surface area contributed by atoms with E-state index in [2.05, 4.69) is 0 Å². The molecule has 0 spiro atoms. The molecule has 98 valence electrons. The molecule has 0 aliphatic carbocycles. The molecule has 0 aliphatic rings. The molecule has 0 saturated carbocycles. The molecular weight excluding hydrogens is 248 g/mol. The fourth-order valence-corrected chi connectivity index (χ4v) is 1.82. The van der Waals surface area contributed by atoms with Crippen LogP contribution in [-0.2, 0) is 0 Å². The summed E-state index contributed by atoms with van der Waals surface area (Å²) in [4.78, 5) is 13.5. The third-order valence-electron chi connectivity index (χ3n) is 2.79. The van der Waals surface area contributed by atoms with Gasteiger partial charge in [-0.05, 0) is 24.3 Å². The van der Waals surface area contributed by atoms with Crippen molar-refractivity contribution in [1.82, 2.24) is 0 Å². The third kappa shape index (κ3) is 3.16. The van der Waals surface area contributed by atoms with Crippen molar-refractivity contribution in [2.24, 2.45) is 0 Å². The minimum Gasteiger partial charge on any atom is -0.365 e. The zero-order valence-electron chi connectivity index (χ0n) is 10.4. The number of rotatable bonds is 4. The maximum Gasteiger partial charge on any atom is 0.182 e. The Hall–Kier alpha value is -2.23. The van der Waals surface area contributed by atoms with E-state index in [1.54, 1.807) is 31.3 Å². The Bertz CT molecular complexity index is 598. The molecule has 0 unspecified atom stereocenters. The quantitative estimate of drug-likeness (QED) is 0.787. The maximum atomic E-state index is 13.5. The number of carbonyl (C=O) groups is 1. The topological polar surface area (TPSA) is 20.3 Å². The van der Waals surface area contributed by atoms with Crippen LogP contribution in [0.5, 0.6) is 0 Å². The Balaban J connectivity index is 2.13. The number of nitrogens with zero attached hydrogens (tertiary/aromatic N) is 1. The fraction of sp³-hybridized carbons (Fsp3) is 0.133. The number of ketones is 1. The molecule has 2 aromatic carbocycles. The minimum absolute atomic E-state index is 0.00954. The molecule has 0 heterocycles. The van der Waals surface area contributed by atoms with Gasteiger partial charge in [0.2, 0.25) is 0 Å². The Morgan fingerprint density at radius 2 is 1.84 bits per heavy atom. The molecule has 0 aromatic heterocycles. The van der Waals surface area contributed by atoms with E-state index in [9.17, 15) is 13.6 Å². The predicted octanol–water partition coefficient (Wildman–Crippen LogP) is 3.28. The molecule has 0 saturated heterocycles. The Morgan fingerprint density at radius 1 is 1.11 bits per heavy atom. The number of likely N-dealkylation sites (N-methyl/N-ethyl adjacent to an activating group) is 1. The van der Waals surface area contributed by atoms with Gasteiger partial charge in [-0.2, -0.15) is 0 Å². The molecule has 2 nitrogen and oxygen atoms in total. The van der Waals surface area contributed by atoms with Crippen LogP contribution in [0.15, 0.2) is 48.5 Å². The lowest BCUT2D eigenvalue weighted by molar-refractivity contribution is 0.1000. The van der Waals surface area contributed by atoms with Crippen LogP contribution < -0.4 is 4.90 Å². The van der Waals surface area contributed by atoms with E-state index < -0.39 is 11.6 Å². The van der Waals surface area contributed by atoms with Gasteiger partial charge in [0, 0.05) is 12.6 Å². The first-order valence-electron chi connectivity index (χ1n) is 5.82. The van der Waals surface area contributed by atoms with Crippen LogP contribution in [0, 0.1) is 11.6 Å². The molecule has 0 aliphatic heterocycles. The highest BCUT2D eigenvalue weighted by Gasteiger charge is 2.12. The molecular formula is C15H13F2NO. The highest BCUT2D eigenvalue weighted by atomic mass is 19.1. The second-order valence-corrected chi connectivity index (χ2v) is 4.24. The van der Waals surface area contributed by atoms with Gasteiger partial charge in [-0.3, -0.25) is 4.79 Å². The van der Waals surface area contributed by atoms with E-state index in [0.29, 0.717) is 5.69 Å². The largest absolute Gasteiger partial charge is 0.365 e. The van der Waals surface area contributed by atoms with Crippen molar-refractivity contribution < 1.29 is 13.6 Å². The van der Waals surface area contributed by atoms with E-state index in [-0.39, 0.29) is 17.9 Å². The van der Waals surface area contributed by atoms with E-state index in [0.717, 1.165) is 0 Å². The lowest BCUT2D eigenvalue weighted by atomic mass is 10.1. The summed E-state index contributed by atoms with van der Waals surface area (Å²) in [6, 6.07) is 11.7. The molecule has 2 aromatic rings. The first-order chi connectivity index (χ1) is 9.08. The van der Waals surface area contributed by atoms with Crippen molar-refractivity contribution >= 4 is 11.5 Å². The fourth-order valence-electron chi connectivity index (χ4n) is 1.82. The van der Waals surface area contributed by atoms with Crippen molar-refractivity contribution in [2.45, 2.75) is 0 Å². The number of anilines is 1. The van der Waals surface area contributed by atoms with Crippen LogP contribution in [0.4, 0.5) is 14.5 Å². The summed E-state index contributed by atoms with van der Waals surface area (Å²) in [7, 11) is 1.62. The Morgan fingerprint density at radius 3 is 2.53 bits per heavy atom. The summed E-state index contributed by atoms with van der Waals surface area (Å²) in [5.41, 5.74) is 0.621. The lowest BCUT2D eigenvalue weighted by Gasteiger charge is -2.18. The zero-order valence-corrected chi connectivity index (χ0v) is 10.4. The van der Waals surface area contributed by atoms with Crippen molar-refractivity contribution in [2.75, 3.05) is 18.5 Å².